The molecule has 2 aromatic heterocycles. The van der Waals surface area contributed by atoms with E-state index in [0.717, 1.165) is 0 Å². The van der Waals surface area contributed by atoms with Gasteiger partial charge in [0.25, 0.3) is 0 Å². The maximum Gasteiger partial charge on any atom is 0.323 e. The van der Waals surface area contributed by atoms with Crippen LogP contribution >= 0.6 is 11.8 Å². The molecular weight excluding hydrogens is 442 g/mol. The Labute approximate surface area is 193 Å². The van der Waals surface area contributed by atoms with Gasteiger partial charge in [-0.1, -0.05) is 37.7 Å². The average molecular weight is 468 g/mol. The second kappa shape index (κ2) is 9.41. The number of aromatic nitrogens is 5. The highest BCUT2D eigenvalue weighted by atomic mass is 32.2. The SMILES string of the molecule is CC(Sc1nnc(COc2ccc(C(C)C)cc2)n1N)C(=O)Nc1ccc2[nH]c(=O)[nH]c2c1. The normalized spacial score (nSPS) is 12.2. The molecule has 2 heterocycles. The second-order valence-electron chi connectivity index (χ2n) is 7.87. The minimum atomic E-state index is -0.491. The van der Waals surface area contributed by atoms with Crippen molar-refractivity contribution in [1.82, 2.24) is 24.8 Å². The Balaban J connectivity index is 1.35. The van der Waals surface area contributed by atoms with Crippen molar-refractivity contribution in [2.45, 2.75) is 43.7 Å². The molecule has 0 saturated heterocycles. The van der Waals surface area contributed by atoms with E-state index in [-0.39, 0.29) is 18.2 Å². The maximum atomic E-state index is 12.6. The van der Waals surface area contributed by atoms with Crippen molar-refractivity contribution in [3.8, 4) is 5.75 Å². The minimum absolute atomic E-state index is 0.153. The van der Waals surface area contributed by atoms with Gasteiger partial charge in [0.2, 0.25) is 11.1 Å². The molecule has 33 heavy (non-hydrogen) atoms. The zero-order chi connectivity index (χ0) is 23.5. The van der Waals surface area contributed by atoms with E-state index in [1.165, 1.54) is 22.0 Å². The summed E-state index contributed by atoms with van der Waals surface area (Å²) in [5.74, 6) is 7.49. The van der Waals surface area contributed by atoms with Crippen LogP contribution in [-0.4, -0.2) is 36.0 Å². The Morgan fingerprint density at radius 1 is 1.12 bits per heavy atom. The van der Waals surface area contributed by atoms with E-state index in [1.54, 1.807) is 25.1 Å². The number of carbonyl (C=O) groups excluding carboxylic acids is 1. The average Bonchev–Trinajstić information content (AvgIpc) is 3.33. The molecule has 0 bridgehead atoms. The summed E-state index contributed by atoms with van der Waals surface area (Å²) in [5, 5.41) is 10.9. The van der Waals surface area contributed by atoms with Crippen LogP contribution in [0, 0.1) is 0 Å². The maximum absolute atomic E-state index is 12.6. The van der Waals surface area contributed by atoms with Gasteiger partial charge in [0, 0.05) is 5.69 Å². The van der Waals surface area contributed by atoms with E-state index in [4.69, 9.17) is 10.6 Å². The number of aromatic amines is 2. The molecule has 0 spiro atoms. The molecule has 0 aliphatic heterocycles. The zero-order valence-electron chi connectivity index (χ0n) is 18.5. The van der Waals surface area contributed by atoms with Crippen molar-refractivity contribution >= 4 is 34.4 Å². The Hall–Kier alpha value is -3.73. The third kappa shape index (κ3) is 5.20. The van der Waals surface area contributed by atoms with Gasteiger partial charge in [-0.15, -0.1) is 10.2 Å². The van der Waals surface area contributed by atoms with E-state index < -0.39 is 5.25 Å². The second-order valence-corrected chi connectivity index (χ2v) is 9.18. The zero-order valence-corrected chi connectivity index (χ0v) is 19.3. The van der Waals surface area contributed by atoms with Gasteiger partial charge in [0.1, 0.15) is 12.4 Å². The molecule has 2 aromatic carbocycles. The van der Waals surface area contributed by atoms with Gasteiger partial charge in [-0.05, 0) is 48.7 Å². The number of nitrogens with one attached hydrogen (secondary N) is 3. The summed E-state index contributed by atoms with van der Waals surface area (Å²) in [6, 6.07) is 13.0. The molecule has 1 atom stereocenters. The quantitative estimate of drug-likeness (QED) is 0.230. The highest BCUT2D eigenvalue weighted by Crippen LogP contribution is 2.24. The van der Waals surface area contributed by atoms with Crippen molar-refractivity contribution < 1.29 is 9.53 Å². The highest BCUT2D eigenvalue weighted by Gasteiger charge is 2.20. The van der Waals surface area contributed by atoms with Crippen molar-refractivity contribution in [3.63, 3.8) is 0 Å². The summed E-state index contributed by atoms with van der Waals surface area (Å²) < 4.78 is 7.10. The number of ether oxygens (including phenoxy) is 1. The van der Waals surface area contributed by atoms with Gasteiger partial charge >= 0.3 is 5.69 Å². The monoisotopic (exact) mass is 467 g/mol. The summed E-state index contributed by atoms with van der Waals surface area (Å²) >= 11 is 1.19. The number of carbonyl (C=O) groups is 1. The number of imidazole rings is 1. The van der Waals surface area contributed by atoms with Gasteiger partial charge in [0.15, 0.2) is 5.82 Å². The van der Waals surface area contributed by atoms with Crippen molar-refractivity contribution in [3.05, 3.63) is 64.3 Å². The lowest BCUT2D eigenvalue weighted by molar-refractivity contribution is -0.115. The summed E-state index contributed by atoms with van der Waals surface area (Å²) in [6.45, 7) is 6.17. The lowest BCUT2D eigenvalue weighted by atomic mass is 10.0. The van der Waals surface area contributed by atoms with Crippen molar-refractivity contribution in [1.29, 1.82) is 0 Å². The molecule has 1 unspecified atom stereocenters. The third-order valence-electron chi connectivity index (χ3n) is 5.08. The standard InChI is InChI=1S/C22H25N7O3S/c1-12(2)14-4-7-16(8-5-14)32-11-19-27-28-22(29(19)23)33-13(3)20(30)24-15-6-9-17-18(10-15)26-21(31)25-17/h4-10,12-13H,11,23H2,1-3H3,(H,24,30)(H2,25,26,31). The Morgan fingerprint density at radius 3 is 2.58 bits per heavy atom. The fourth-order valence-electron chi connectivity index (χ4n) is 3.15. The summed E-state index contributed by atoms with van der Waals surface area (Å²) in [7, 11) is 0. The third-order valence-corrected chi connectivity index (χ3v) is 6.14. The number of fused-ring (bicyclic) bond motifs is 1. The van der Waals surface area contributed by atoms with Crippen LogP contribution in [0.25, 0.3) is 11.0 Å². The topological polar surface area (TPSA) is 144 Å². The van der Waals surface area contributed by atoms with E-state index in [0.29, 0.717) is 39.4 Å². The molecule has 5 N–H and O–H groups in total. The smallest absolute Gasteiger partial charge is 0.323 e. The van der Waals surface area contributed by atoms with Gasteiger partial charge in [-0.2, -0.15) is 0 Å². The predicted molar refractivity (Wildman–Crippen MR) is 128 cm³/mol. The summed E-state index contributed by atoms with van der Waals surface area (Å²) in [4.78, 5) is 29.3. The predicted octanol–water partition coefficient (Wildman–Crippen LogP) is 2.98. The number of benzene rings is 2. The highest BCUT2D eigenvalue weighted by molar-refractivity contribution is 8.00. The first kappa shape index (κ1) is 22.5. The number of nitrogens with zero attached hydrogens (tertiary/aromatic N) is 3. The first-order valence-corrected chi connectivity index (χ1v) is 11.3. The molecule has 0 radical (unpaired) electrons. The van der Waals surface area contributed by atoms with Crippen LogP contribution in [0.5, 0.6) is 5.75 Å². The molecule has 0 aliphatic rings. The lowest BCUT2D eigenvalue weighted by Gasteiger charge is -2.12. The Kier molecular flexibility index (Phi) is 6.40. The van der Waals surface area contributed by atoms with E-state index in [9.17, 15) is 9.59 Å². The van der Waals surface area contributed by atoms with Crippen LogP contribution < -0.4 is 21.6 Å². The molecule has 4 rings (SSSR count). The van der Waals surface area contributed by atoms with Gasteiger partial charge in [-0.25, -0.2) is 9.47 Å². The van der Waals surface area contributed by atoms with Crippen LogP contribution in [0.2, 0.25) is 0 Å². The molecule has 172 valence electrons. The molecule has 0 fully saturated rings. The number of H-pyrrole nitrogens is 2. The Bertz CT molecular complexity index is 1320. The van der Waals surface area contributed by atoms with E-state index in [2.05, 4.69) is 39.3 Å². The molecule has 11 heteroatoms. The number of thioether (sulfide) groups is 1. The number of rotatable bonds is 8. The fraction of sp³-hybridized carbons (Fsp3) is 0.273. The molecule has 0 aliphatic carbocycles. The number of nitrogen functional groups attached to an aromatic ring is 1. The molecule has 1 amide bonds. The minimum Gasteiger partial charge on any atom is -0.486 e. The molecular formula is C22H25N7O3S. The van der Waals surface area contributed by atoms with Crippen molar-refractivity contribution in [2.75, 3.05) is 11.2 Å². The van der Waals surface area contributed by atoms with Gasteiger partial charge < -0.3 is 25.9 Å². The first-order chi connectivity index (χ1) is 15.8. The number of hydrogen-bond acceptors (Lipinski definition) is 7. The largest absolute Gasteiger partial charge is 0.486 e. The van der Waals surface area contributed by atoms with Crippen LogP contribution in [-0.2, 0) is 11.4 Å². The summed E-state index contributed by atoms with van der Waals surface area (Å²) in [5.41, 5.74) is 2.79. The number of nitrogens with two attached hydrogens (primary N) is 1. The van der Waals surface area contributed by atoms with E-state index in [1.807, 2.05) is 24.3 Å². The fourth-order valence-corrected chi connectivity index (χ4v) is 3.94. The number of hydrogen-bond donors (Lipinski definition) is 4. The molecule has 4 aromatic rings. The van der Waals surface area contributed by atoms with Gasteiger partial charge in [-0.3, -0.25) is 4.79 Å². The van der Waals surface area contributed by atoms with Crippen LogP contribution in [0.1, 0.15) is 38.1 Å². The van der Waals surface area contributed by atoms with E-state index >= 15 is 0 Å². The summed E-state index contributed by atoms with van der Waals surface area (Å²) in [6.07, 6.45) is 0. The molecule has 10 nitrogen and oxygen atoms in total. The van der Waals surface area contributed by atoms with Gasteiger partial charge in [0.05, 0.1) is 16.3 Å². The van der Waals surface area contributed by atoms with Crippen LogP contribution in [0.15, 0.2) is 52.4 Å². The first-order valence-electron chi connectivity index (χ1n) is 10.4. The van der Waals surface area contributed by atoms with Crippen LogP contribution in [0.3, 0.4) is 0 Å². The molecule has 0 saturated carbocycles. The number of amides is 1. The van der Waals surface area contributed by atoms with Crippen LogP contribution in [0.4, 0.5) is 5.69 Å². The van der Waals surface area contributed by atoms with Crippen molar-refractivity contribution in [2.24, 2.45) is 0 Å². The Morgan fingerprint density at radius 2 is 1.85 bits per heavy atom. The number of anilines is 1. The lowest BCUT2D eigenvalue weighted by Crippen LogP contribution is -2.24.